The zero-order valence-electron chi connectivity index (χ0n) is 9.27. The molecule has 2 aromatic rings. The Morgan fingerprint density at radius 3 is 2.68 bits per heavy atom. The van der Waals surface area contributed by atoms with Crippen molar-refractivity contribution in [3.63, 3.8) is 0 Å². The summed E-state index contributed by atoms with van der Waals surface area (Å²) in [6, 6.07) is 4.74. The van der Waals surface area contributed by atoms with Crippen LogP contribution in [-0.4, -0.2) is 13.4 Å². The molecule has 2 rings (SSSR count). The number of anilines is 1. The first-order chi connectivity index (χ1) is 8.90. The lowest BCUT2D eigenvalue weighted by Crippen LogP contribution is -2.14. The second kappa shape index (κ2) is 5.44. The molecule has 0 spiro atoms. The van der Waals surface area contributed by atoms with Gasteiger partial charge in [-0.05, 0) is 40.2 Å². The van der Waals surface area contributed by atoms with Crippen LogP contribution in [0.1, 0.15) is 0 Å². The summed E-state index contributed by atoms with van der Waals surface area (Å²) in [6.07, 6.45) is 2.73. The second-order valence-corrected chi connectivity index (χ2v) is 6.45. The van der Waals surface area contributed by atoms with Crippen molar-refractivity contribution in [1.82, 2.24) is 4.98 Å². The van der Waals surface area contributed by atoms with Gasteiger partial charge in [0.15, 0.2) is 0 Å². The summed E-state index contributed by atoms with van der Waals surface area (Å²) in [7, 11) is -3.87. The lowest BCUT2D eigenvalue weighted by atomic mass is 10.3. The van der Waals surface area contributed by atoms with Gasteiger partial charge in [0.1, 0.15) is 10.7 Å². The van der Waals surface area contributed by atoms with Crippen LogP contribution in [0.3, 0.4) is 0 Å². The molecule has 1 N–H and O–H groups in total. The van der Waals surface area contributed by atoms with Crippen LogP contribution < -0.4 is 4.72 Å². The molecule has 0 saturated heterocycles. The number of benzene rings is 1. The Morgan fingerprint density at radius 1 is 1.32 bits per heavy atom. The van der Waals surface area contributed by atoms with Gasteiger partial charge in [0, 0.05) is 10.7 Å². The maximum absolute atomic E-state index is 13.0. The first kappa shape index (κ1) is 14.2. The highest BCUT2D eigenvalue weighted by atomic mass is 79.9. The van der Waals surface area contributed by atoms with E-state index in [0.717, 1.165) is 18.2 Å². The number of nitrogens with one attached hydrogen (secondary N) is 1. The molecule has 0 fully saturated rings. The Morgan fingerprint density at radius 2 is 2.05 bits per heavy atom. The maximum atomic E-state index is 13.0. The Bertz CT molecular complexity index is 724. The Labute approximate surface area is 122 Å². The third-order valence-electron chi connectivity index (χ3n) is 2.20. The molecule has 4 nitrogen and oxygen atoms in total. The quantitative estimate of drug-likeness (QED) is 0.906. The van der Waals surface area contributed by atoms with Crippen molar-refractivity contribution in [2.75, 3.05) is 4.72 Å². The highest BCUT2D eigenvalue weighted by Crippen LogP contribution is 2.27. The largest absolute Gasteiger partial charge is 0.277 e. The van der Waals surface area contributed by atoms with Crippen LogP contribution in [0.25, 0.3) is 0 Å². The van der Waals surface area contributed by atoms with Crippen molar-refractivity contribution in [2.45, 2.75) is 4.90 Å². The van der Waals surface area contributed by atoms with Crippen molar-refractivity contribution < 1.29 is 12.8 Å². The molecule has 0 aliphatic heterocycles. The molecule has 0 aliphatic rings. The van der Waals surface area contributed by atoms with Crippen LogP contribution in [0.2, 0.25) is 5.02 Å². The molecule has 0 bridgehead atoms. The first-order valence-electron chi connectivity index (χ1n) is 4.97. The zero-order chi connectivity index (χ0) is 14.0. The van der Waals surface area contributed by atoms with Gasteiger partial charge in [0.25, 0.3) is 10.0 Å². The summed E-state index contributed by atoms with van der Waals surface area (Å²) in [5.74, 6) is -0.537. The van der Waals surface area contributed by atoms with E-state index in [1.165, 1.54) is 18.5 Å². The average Bonchev–Trinajstić information content (AvgIpc) is 2.31. The van der Waals surface area contributed by atoms with Crippen molar-refractivity contribution in [1.29, 1.82) is 0 Å². The predicted octanol–water partition coefficient (Wildman–Crippen LogP) is 3.44. The molecule has 0 amide bonds. The lowest BCUT2D eigenvalue weighted by molar-refractivity contribution is 0.599. The minimum atomic E-state index is -3.87. The Hall–Kier alpha value is -1.18. The predicted molar refractivity (Wildman–Crippen MR) is 74.2 cm³/mol. The van der Waals surface area contributed by atoms with Crippen LogP contribution in [0, 0.1) is 5.82 Å². The van der Waals surface area contributed by atoms with Crippen molar-refractivity contribution in [3.05, 3.63) is 52.0 Å². The van der Waals surface area contributed by atoms with Crippen LogP contribution >= 0.6 is 27.5 Å². The van der Waals surface area contributed by atoms with Gasteiger partial charge < -0.3 is 0 Å². The molecule has 1 aromatic heterocycles. The van der Waals surface area contributed by atoms with Gasteiger partial charge in [-0.15, -0.1) is 0 Å². The maximum Gasteiger partial charge on any atom is 0.263 e. The normalized spacial score (nSPS) is 11.3. The van der Waals surface area contributed by atoms with E-state index in [1.54, 1.807) is 0 Å². The molecule has 1 heterocycles. The summed E-state index contributed by atoms with van der Waals surface area (Å²) in [4.78, 5) is 3.69. The number of aromatic nitrogens is 1. The van der Waals surface area contributed by atoms with E-state index in [-0.39, 0.29) is 20.1 Å². The smallest absolute Gasteiger partial charge is 0.263 e. The zero-order valence-corrected chi connectivity index (χ0v) is 12.4. The van der Waals surface area contributed by atoms with Crippen LogP contribution in [0.5, 0.6) is 0 Å². The molecule has 0 saturated carbocycles. The van der Waals surface area contributed by atoms with E-state index in [1.807, 2.05) is 0 Å². The van der Waals surface area contributed by atoms with E-state index in [4.69, 9.17) is 11.6 Å². The minimum absolute atomic E-state index is 0.0891. The molecule has 8 heteroatoms. The monoisotopic (exact) mass is 364 g/mol. The van der Waals surface area contributed by atoms with E-state index in [2.05, 4.69) is 25.6 Å². The van der Waals surface area contributed by atoms with Gasteiger partial charge in [0.2, 0.25) is 0 Å². The number of rotatable bonds is 3. The number of pyridine rings is 1. The van der Waals surface area contributed by atoms with Crippen LogP contribution in [0.4, 0.5) is 10.1 Å². The number of sulfonamides is 1. The van der Waals surface area contributed by atoms with Gasteiger partial charge >= 0.3 is 0 Å². The molecular formula is C11H7BrClFN2O2S. The van der Waals surface area contributed by atoms with E-state index >= 15 is 0 Å². The van der Waals surface area contributed by atoms with E-state index < -0.39 is 15.8 Å². The second-order valence-electron chi connectivity index (χ2n) is 3.54. The summed E-state index contributed by atoms with van der Waals surface area (Å²) < 4.78 is 39.6. The van der Waals surface area contributed by atoms with Gasteiger partial charge in [0.05, 0.1) is 16.9 Å². The molecular weight excluding hydrogens is 359 g/mol. The van der Waals surface area contributed by atoms with Crippen molar-refractivity contribution in [2.24, 2.45) is 0 Å². The molecule has 0 atom stereocenters. The third-order valence-corrected chi connectivity index (χ3v) is 4.87. The van der Waals surface area contributed by atoms with Gasteiger partial charge in [-0.3, -0.25) is 9.71 Å². The third kappa shape index (κ3) is 3.23. The van der Waals surface area contributed by atoms with Gasteiger partial charge in [-0.1, -0.05) is 11.6 Å². The number of hydrogen-bond acceptors (Lipinski definition) is 3. The lowest BCUT2D eigenvalue weighted by Gasteiger charge is -2.10. The van der Waals surface area contributed by atoms with Crippen LogP contribution in [-0.2, 0) is 10.0 Å². The summed E-state index contributed by atoms with van der Waals surface area (Å²) in [6.45, 7) is 0. The topological polar surface area (TPSA) is 59.1 Å². The van der Waals surface area contributed by atoms with Crippen molar-refractivity contribution >= 4 is 43.2 Å². The SMILES string of the molecule is O=S(=O)(Nc1cnccc1Cl)c1ccc(F)cc1Br. The summed E-state index contributed by atoms with van der Waals surface area (Å²) >= 11 is 8.85. The number of halogens is 3. The molecule has 1 aromatic carbocycles. The van der Waals surface area contributed by atoms with Crippen LogP contribution in [0.15, 0.2) is 46.0 Å². The molecule has 0 aliphatic carbocycles. The van der Waals surface area contributed by atoms with E-state index in [9.17, 15) is 12.8 Å². The summed E-state index contributed by atoms with van der Waals surface area (Å²) in [5, 5.41) is 0.219. The minimum Gasteiger partial charge on any atom is -0.277 e. The Balaban J connectivity index is 2.41. The van der Waals surface area contributed by atoms with Gasteiger partial charge in [-0.2, -0.15) is 0 Å². The Kier molecular flexibility index (Phi) is 4.07. The standard InChI is InChI=1S/C11H7BrClFN2O2S/c12-8-5-7(14)1-2-11(8)19(17,18)16-10-6-15-4-3-9(10)13/h1-6,16H. The van der Waals surface area contributed by atoms with E-state index in [0.29, 0.717) is 0 Å². The van der Waals surface area contributed by atoms with Gasteiger partial charge in [-0.25, -0.2) is 12.8 Å². The molecule has 100 valence electrons. The fraction of sp³-hybridized carbons (Fsp3) is 0. The first-order valence-corrected chi connectivity index (χ1v) is 7.63. The highest BCUT2D eigenvalue weighted by Gasteiger charge is 2.19. The fourth-order valence-electron chi connectivity index (χ4n) is 1.35. The fourth-order valence-corrected chi connectivity index (χ4v) is 3.67. The molecule has 19 heavy (non-hydrogen) atoms. The number of hydrogen-bond donors (Lipinski definition) is 1. The average molecular weight is 366 g/mol. The van der Waals surface area contributed by atoms with Crippen molar-refractivity contribution in [3.8, 4) is 0 Å². The molecule has 0 radical (unpaired) electrons. The summed E-state index contributed by atoms with van der Waals surface area (Å²) in [5.41, 5.74) is 0.153. The number of nitrogens with zero attached hydrogens (tertiary/aromatic N) is 1. The highest BCUT2D eigenvalue weighted by molar-refractivity contribution is 9.10. The molecule has 0 unspecified atom stereocenters.